The van der Waals surface area contributed by atoms with E-state index in [9.17, 15) is 14.4 Å². The number of ether oxygens (including phenoxy) is 3. The summed E-state index contributed by atoms with van der Waals surface area (Å²) >= 11 is 6.40. The molecule has 184 valence electrons. The number of amides is 1. The molecule has 35 heavy (non-hydrogen) atoms. The Bertz CT molecular complexity index is 1200. The first-order valence-electron chi connectivity index (χ1n) is 11.2. The average Bonchev–Trinajstić information content (AvgIpc) is 3.16. The maximum atomic E-state index is 13.5. The fourth-order valence-electron chi connectivity index (χ4n) is 4.41. The first kappa shape index (κ1) is 24.5. The van der Waals surface area contributed by atoms with Crippen molar-refractivity contribution in [1.29, 1.82) is 0 Å². The molecule has 0 radical (unpaired) electrons. The van der Waals surface area contributed by atoms with E-state index in [0.29, 0.717) is 37.2 Å². The van der Waals surface area contributed by atoms with Gasteiger partial charge in [0.15, 0.2) is 5.75 Å². The first-order chi connectivity index (χ1) is 16.8. The number of hydrogen-bond acceptors (Lipinski definition) is 8. The van der Waals surface area contributed by atoms with Gasteiger partial charge in [0.1, 0.15) is 22.1 Å². The summed E-state index contributed by atoms with van der Waals surface area (Å²) < 4.78 is 16.6. The lowest BCUT2D eigenvalue weighted by atomic mass is 9.74. The number of carbonyl (C=O) groups is 3. The van der Waals surface area contributed by atoms with E-state index in [1.165, 1.54) is 26.4 Å². The van der Waals surface area contributed by atoms with Gasteiger partial charge in [0.2, 0.25) is 23.1 Å². The average molecular weight is 500 g/mol. The van der Waals surface area contributed by atoms with Gasteiger partial charge in [0, 0.05) is 42.9 Å². The van der Waals surface area contributed by atoms with Gasteiger partial charge in [0.25, 0.3) is 0 Å². The third kappa shape index (κ3) is 4.43. The molecule has 0 saturated carbocycles. The molecule has 4 rings (SSSR count). The highest BCUT2D eigenvalue weighted by atomic mass is 35.5. The van der Waals surface area contributed by atoms with Crippen molar-refractivity contribution in [1.82, 2.24) is 10.3 Å². The summed E-state index contributed by atoms with van der Waals surface area (Å²) in [6.07, 6.45) is 5.88. The summed E-state index contributed by atoms with van der Waals surface area (Å²) in [4.78, 5) is 42.8. The second kappa shape index (κ2) is 9.95. The highest BCUT2D eigenvalue weighted by Gasteiger charge is 2.60. The van der Waals surface area contributed by atoms with Gasteiger partial charge in [0.05, 0.1) is 26.1 Å². The Kier molecular flexibility index (Phi) is 6.98. The van der Waals surface area contributed by atoms with Crippen molar-refractivity contribution >= 4 is 34.8 Å². The number of Topliss-reactive ketones (excluding diaryl/α,β-unsaturated/α-hetero) is 1. The minimum absolute atomic E-state index is 0.0949. The molecule has 10 heteroatoms. The van der Waals surface area contributed by atoms with Crippen LogP contribution >= 0.6 is 11.6 Å². The molecular weight excluding hydrogens is 474 g/mol. The van der Waals surface area contributed by atoms with Crippen molar-refractivity contribution in [3.63, 3.8) is 0 Å². The molecule has 1 amide bonds. The van der Waals surface area contributed by atoms with E-state index in [1.54, 1.807) is 31.5 Å². The van der Waals surface area contributed by atoms with E-state index >= 15 is 0 Å². The summed E-state index contributed by atoms with van der Waals surface area (Å²) in [6, 6.07) is 5.02. The topological polar surface area (TPSA) is 116 Å². The molecule has 2 N–H and O–H groups in total. The molecule has 1 spiro atoms. The number of methoxy groups -OCH3 is 2. The number of ketones is 2. The third-order valence-electron chi connectivity index (χ3n) is 6.19. The van der Waals surface area contributed by atoms with Crippen LogP contribution in [0.4, 0.5) is 5.69 Å². The van der Waals surface area contributed by atoms with E-state index in [0.717, 1.165) is 0 Å². The van der Waals surface area contributed by atoms with Gasteiger partial charge in [-0.25, -0.2) is 0 Å². The maximum Gasteiger partial charge on any atom is 0.236 e. The quantitative estimate of drug-likeness (QED) is 0.418. The number of anilines is 1. The van der Waals surface area contributed by atoms with Crippen molar-refractivity contribution in [3.05, 3.63) is 53.0 Å². The number of fused-ring (bicyclic) bond motifs is 1. The summed E-state index contributed by atoms with van der Waals surface area (Å²) in [6.45, 7) is 2.28. The van der Waals surface area contributed by atoms with Crippen LogP contribution in [0.25, 0.3) is 0 Å². The van der Waals surface area contributed by atoms with Crippen molar-refractivity contribution < 1.29 is 28.6 Å². The van der Waals surface area contributed by atoms with Crippen LogP contribution in [0.3, 0.4) is 0 Å². The molecule has 9 nitrogen and oxygen atoms in total. The lowest BCUT2D eigenvalue weighted by Gasteiger charge is -2.35. The molecule has 2 atom stereocenters. The zero-order chi connectivity index (χ0) is 25.2. The predicted molar refractivity (Wildman–Crippen MR) is 129 cm³/mol. The van der Waals surface area contributed by atoms with E-state index in [2.05, 4.69) is 15.6 Å². The fraction of sp³-hybridized carbons (Fsp3) is 0.360. The van der Waals surface area contributed by atoms with Crippen LogP contribution in [0.15, 0.2) is 42.4 Å². The van der Waals surface area contributed by atoms with Gasteiger partial charge < -0.3 is 24.8 Å². The second-order valence-corrected chi connectivity index (χ2v) is 8.80. The van der Waals surface area contributed by atoms with Crippen LogP contribution in [-0.2, 0) is 9.59 Å². The van der Waals surface area contributed by atoms with Gasteiger partial charge in [-0.2, -0.15) is 0 Å². The van der Waals surface area contributed by atoms with Gasteiger partial charge in [-0.3, -0.25) is 19.4 Å². The third-order valence-corrected chi connectivity index (χ3v) is 6.55. The summed E-state index contributed by atoms with van der Waals surface area (Å²) in [5.41, 5.74) is -0.242. The van der Waals surface area contributed by atoms with Crippen molar-refractivity contribution in [2.45, 2.75) is 31.8 Å². The fourth-order valence-corrected chi connectivity index (χ4v) is 4.67. The number of halogens is 1. The normalized spacial score (nSPS) is 20.7. The van der Waals surface area contributed by atoms with Gasteiger partial charge in [-0.1, -0.05) is 18.5 Å². The highest BCUT2D eigenvalue weighted by Crippen LogP contribution is 2.52. The second-order valence-electron chi connectivity index (χ2n) is 8.43. The molecule has 1 aromatic heterocycles. The Hall–Kier alpha value is -3.59. The van der Waals surface area contributed by atoms with Crippen LogP contribution in [0, 0.1) is 5.92 Å². The monoisotopic (exact) mass is 499 g/mol. The molecule has 1 aliphatic heterocycles. The summed E-state index contributed by atoms with van der Waals surface area (Å²) in [7, 11) is 2.86. The van der Waals surface area contributed by atoms with E-state index in [-0.39, 0.29) is 33.7 Å². The molecule has 1 aliphatic carbocycles. The first-order valence-corrected chi connectivity index (χ1v) is 11.6. The van der Waals surface area contributed by atoms with Crippen LogP contribution in [0.2, 0.25) is 5.02 Å². The zero-order valence-corrected chi connectivity index (χ0v) is 20.4. The molecule has 2 aromatic rings. The molecule has 1 aromatic carbocycles. The Morgan fingerprint density at radius 2 is 2.06 bits per heavy atom. The van der Waals surface area contributed by atoms with Crippen LogP contribution < -0.4 is 24.8 Å². The molecule has 2 heterocycles. The number of pyridine rings is 1. The molecule has 0 fully saturated rings. The Labute approximate surface area is 207 Å². The zero-order valence-electron chi connectivity index (χ0n) is 19.6. The van der Waals surface area contributed by atoms with Crippen molar-refractivity contribution in [2.75, 3.05) is 26.1 Å². The standard InChI is InChI=1S/C25H26ClN3O6/c1-14-10-16(28-9-5-7-20(31)29-15-6-4-8-27-13-15)11-19(30)25(14)24(32)21-17(33-2)12-18(34-3)22(26)23(21)35-25/h4,6,8,11-14,28H,5,7,9-10H2,1-3H3,(H,29,31)/t14-,25+/m1/s1. The number of benzene rings is 1. The van der Waals surface area contributed by atoms with E-state index in [4.69, 9.17) is 25.8 Å². The van der Waals surface area contributed by atoms with Crippen LogP contribution in [0.1, 0.15) is 36.5 Å². The highest BCUT2D eigenvalue weighted by molar-refractivity contribution is 6.36. The lowest BCUT2D eigenvalue weighted by molar-refractivity contribution is -0.129. The Balaban J connectivity index is 1.42. The number of allylic oxidation sites excluding steroid dienone is 1. The molecule has 0 unspecified atom stereocenters. The smallest absolute Gasteiger partial charge is 0.236 e. The van der Waals surface area contributed by atoms with Crippen LogP contribution in [-0.4, -0.2) is 48.8 Å². The van der Waals surface area contributed by atoms with E-state index < -0.39 is 23.1 Å². The number of nitrogens with one attached hydrogen (secondary N) is 2. The predicted octanol–water partition coefficient (Wildman–Crippen LogP) is 3.57. The number of hydrogen-bond donors (Lipinski definition) is 2. The number of rotatable bonds is 8. The summed E-state index contributed by atoms with van der Waals surface area (Å²) in [5, 5.41) is 6.10. The molecule has 0 bridgehead atoms. The minimum Gasteiger partial charge on any atom is -0.496 e. The number of nitrogens with zero attached hydrogens (tertiary/aromatic N) is 1. The minimum atomic E-state index is -1.71. The summed E-state index contributed by atoms with van der Waals surface area (Å²) in [5.74, 6) is -0.917. The van der Waals surface area contributed by atoms with Gasteiger partial charge >= 0.3 is 0 Å². The number of aromatic nitrogens is 1. The van der Waals surface area contributed by atoms with Gasteiger partial charge in [-0.05, 0) is 25.0 Å². The lowest BCUT2D eigenvalue weighted by Crippen LogP contribution is -2.55. The molecule has 2 aliphatic rings. The molecule has 0 saturated heterocycles. The van der Waals surface area contributed by atoms with Crippen LogP contribution in [0.5, 0.6) is 17.2 Å². The van der Waals surface area contributed by atoms with Crippen molar-refractivity contribution in [2.24, 2.45) is 5.92 Å². The Morgan fingerprint density at radius 3 is 2.71 bits per heavy atom. The Morgan fingerprint density at radius 1 is 1.29 bits per heavy atom. The van der Waals surface area contributed by atoms with E-state index in [1.807, 2.05) is 0 Å². The van der Waals surface area contributed by atoms with Gasteiger partial charge in [-0.15, -0.1) is 0 Å². The molecular formula is C25H26ClN3O6. The number of carbonyl (C=O) groups excluding carboxylic acids is 3. The van der Waals surface area contributed by atoms with Crippen molar-refractivity contribution in [3.8, 4) is 17.2 Å². The maximum absolute atomic E-state index is 13.5. The largest absolute Gasteiger partial charge is 0.496 e. The SMILES string of the molecule is COc1cc(OC)c2c(c1Cl)O[C@@]1(C(=O)C=C(NCCCC(=O)Nc3cccnc3)C[C@H]1C)C2=O.